The fourth-order valence-electron chi connectivity index (χ4n) is 3.57. The molecule has 2 aromatic rings. The van der Waals surface area contributed by atoms with Gasteiger partial charge in [-0.2, -0.15) is 26.3 Å². The van der Waals surface area contributed by atoms with E-state index < -0.39 is 24.3 Å². The number of hydrogen-bond acceptors (Lipinski definition) is 6. The molecule has 2 fully saturated rings. The Balaban J connectivity index is 0.000000301. The molecule has 3 heterocycles. The molecule has 4 rings (SSSR count). The van der Waals surface area contributed by atoms with Gasteiger partial charge in [0.25, 0.3) is 0 Å². The van der Waals surface area contributed by atoms with Crippen LogP contribution in [-0.2, 0) is 34.3 Å². The molecule has 0 spiro atoms. The number of halogens is 6. The topological polar surface area (TPSA) is 118 Å². The molecule has 1 saturated heterocycles. The first kappa shape index (κ1) is 31.0. The van der Waals surface area contributed by atoms with Crippen molar-refractivity contribution in [2.75, 3.05) is 13.2 Å². The van der Waals surface area contributed by atoms with Crippen LogP contribution in [0.3, 0.4) is 0 Å². The summed E-state index contributed by atoms with van der Waals surface area (Å²) in [6.45, 7) is 2.91. The molecular weight excluding hydrogens is 526 g/mol. The van der Waals surface area contributed by atoms with Crippen LogP contribution in [0.25, 0.3) is 0 Å². The van der Waals surface area contributed by atoms with Gasteiger partial charge in [-0.1, -0.05) is 0 Å². The van der Waals surface area contributed by atoms with E-state index in [-0.39, 0.29) is 0 Å². The molecular formula is C23H28F6N4O5. The van der Waals surface area contributed by atoms with Crippen molar-refractivity contribution in [3.63, 3.8) is 0 Å². The molecule has 1 aliphatic carbocycles. The second-order valence-electron chi connectivity index (χ2n) is 8.76. The van der Waals surface area contributed by atoms with E-state index >= 15 is 0 Å². The molecule has 0 bridgehead atoms. The van der Waals surface area contributed by atoms with Gasteiger partial charge in [0.05, 0.1) is 12.6 Å². The number of imidazole rings is 1. The average Bonchev–Trinajstić information content (AvgIpc) is 3.47. The molecule has 2 aromatic heterocycles. The molecule has 0 radical (unpaired) electrons. The van der Waals surface area contributed by atoms with E-state index in [1.54, 1.807) is 0 Å². The van der Waals surface area contributed by atoms with Crippen molar-refractivity contribution in [3.8, 4) is 0 Å². The first-order valence-electron chi connectivity index (χ1n) is 11.5. The lowest BCUT2D eigenvalue weighted by Gasteiger charge is -2.28. The van der Waals surface area contributed by atoms with Crippen LogP contribution in [0, 0.1) is 5.92 Å². The van der Waals surface area contributed by atoms with Crippen LogP contribution in [0.4, 0.5) is 26.3 Å². The van der Waals surface area contributed by atoms with Crippen LogP contribution in [0.1, 0.15) is 30.7 Å². The number of carbonyl (C=O) groups is 2. The van der Waals surface area contributed by atoms with E-state index in [0.29, 0.717) is 12.1 Å². The van der Waals surface area contributed by atoms with Crippen molar-refractivity contribution < 1.29 is 50.9 Å². The van der Waals surface area contributed by atoms with Gasteiger partial charge >= 0.3 is 24.3 Å². The molecule has 1 aliphatic heterocycles. The summed E-state index contributed by atoms with van der Waals surface area (Å²) >= 11 is 0. The third kappa shape index (κ3) is 10.7. The zero-order valence-corrected chi connectivity index (χ0v) is 20.3. The van der Waals surface area contributed by atoms with Crippen molar-refractivity contribution in [1.29, 1.82) is 0 Å². The minimum Gasteiger partial charge on any atom is -0.475 e. The first-order chi connectivity index (χ1) is 17.7. The summed E-state index contributed by atoms with van der Waals surface area (Å²) in [7, 11) is 2.07. The lowest BCUT2D eigenvalue weighted by molar-refractivity contribution is -0.193. The maximum absolute atomic E-state index is 10.6. The van der Waals surface area contributed by atoms with Crippen LogP contribution in [0.2, 0.25) is 0 Å². The van der Waals surface area contributed by atoms with Crippen molar-refractivity contribution in [2.45, 2.75) is 56.7 Å². The average molecular weight is 554 g/mol. The minimum atomic E-state index is -5.08. The van der Waals surface area contributed by atoms with Gasteiger partial charge in [0.2, 0.25) is 0 Å². The molecule has 15 heteroatoms. The number of carboxylic acid groups (broad SMARTS) is 2. The number of aryl methyl sites for hydroxylation is 1. The highest BCUT2D eigenvalue weighted by atomic mass is 19.4. The summed E-state index contributed by atoms with van der Waals surface area (Å²) in [5, 5.41) is 14.2. The van der Waals surface area contributed by atoms with Gasteiger partial charge in [0, 0.05) is 51.0 Å². The lowest BCUT2D eigenvalue weighted by Crippen LogP contribution is -2.38. The van der Waals surface area contributed by atoms with Gasteiger partial charge in [-0.3, -0.25) is 9.88 Å². The van der Waals surface area contributed by atoms with Crippen LogP contribution in [0.15, 0.2) is 36.9 Å². The highest BCUT2D eigenvalue weighted by Crippen LogP contribution is 2.32. The number of pyridine rings is 1. The minimum absolute atomic E-state index is 0.332. The largest absolute Gasteiger partial charge is 0.490 e. The Labute approximate surface area is 214 Å². The van der Waals surface area contributed by atoms with Gasteiger partial charge < -0.3 is 19.5 Å². The normalized spacial score (nSPS) is 19.7. The standard InChI is InChI=1S/C19H26N4O.2C2HF3O2/c1-22-11-9-21-19(22)13-23-10-6-18(24-14-16-2-3-16)17(23)12-15-4-7-20-8-5-15;2*3-2(4,5)1(6)7/h4-5,7-9,11,16-18H,2-3,6,10,12-14H2,1H3;2*(H,6,7)/t17-,18-;;/m0../s1. The van der Waals surface area contributed by atoms with E-state index in [9.17, 15) is 26.3 Å². The number of alkyl halides is 6. The van der Waals surface area contributed by atoms with E-state index in [1.807, 2.05) is 24.8 Å². The molecule has 0 unspecified atom stereocenters. The van der Waals surface area contributed by atoms with Crippen molar-refractivity contribution in [3.05, 3.63) is 48.3 Å². The van der Waals surface area contributed by atoms with Gasteiger partial charge in [0.1, 0.15) is 5.82 Å². The monoisotopic (exact) mass is 554 g/mol. The van der Waals surface area contributed by atoms with E-state index in [4.69, 9.17) is 24.5 Å². The molecule has 1 saturated carbocycles. The molecule has 212 valence electrons. The molecule has 2 atom stereocenters. The number of likely N-dealkylation sites (tertiary alicyclic amines) is 1. The maximum atomic E-state index is 10.6. The number of hydrogen-bond donors (Lipinski definition) is 2. The fourth-order valence-corrected chi connectivity index (χ4v) is 3.57. The van der Waals surface area contributed by atoms with Crippen LogP contribution >= 0.6 is 0 Å². The fraction of sp³-hybridized carbons (Fsp3) is 0.565. The Morgan fingerprint density at radius 3 is 2.00 bits per heavy atom. The maximum Gasteiger partial charge on any atom is 0.490 e. The second kappa shape index (κ2) is 13.6. The van der Waals surface area contributed by atoms with E-state index in [2.05, 4.69) is 38.6 Å². The smallest absolute Gasteiger partial charge is 0.475 e. The molecule has 9 nitrogen and oxygen atoms in total. The second-order valence-corrected chi connectivity index (χ2v) is 8.76. The highest BCUT2D eigenvalue weighted by Gasteiger charge is 2.39. The van der Waals surface area contributed by atoms with Crippen molar-refractivity contribution >= 4 is 11.9 Å². The Hall–Kier alpha value is -3.20. The van der Waals surface area contributed by atoms with Gasteiger partial charge in [-0.15, -0.1) is 0 Å². The third-order valence-corrected chi connectivity index (χ3v) is 5.79. The number of aromatic nitrogens is 3. The molecule has 38 heavy (non-hydrogen) atoms. The van der Waals surface area contributed by atoms with E-state index in [0.717, 1.165) is 44.3 Å². The Morgan fingerprint density at radius 2 is 1.55 bits per heavy atom. The molecule has 0 aromatic carbocycles. The summed E-state index contributed by atoms with van der Waals surface area (Å²) in [5.41, 5.74) is 1.33. The van der Waals surface area contributed by atoms with Crippen LogP contribution in [-0.4, -0.2) is 79.2 Å². The number of ether oxygens (including phenoxy) is 1. The van der Waals surface area contributed by atoms with Gasteiger partial charge in [-0.25, -0.2) is 14.6 Å². The summed E-state index contributed by atoms with van der Waals surface area (Å²) in [6, 6.07) is 4.66. The predicted octanol–water partition coefficient (Wildman–Crippen LogP) is 3.69. The predicted molar refractivity (Wildman–Crippen MR) is 120 cm³/mol. The number of carboxylic acids is 2. The summed E-state index contributed by atoms with van der Waals surface area (Å²) in [5.74, 6) is -3.58. The summed E-state index contributed by atoms with van der Waals surface area (Å²) in [6.07, 6.45) is 2.65. The highest BCUT2D eigenvalue weighted by molar-refractivity contribution is 5.73. The first-order valence-corrected chi connectivity index (χ1v) is 11.5. The zero-order valence-electron chi connectivity index (χ0n) is 20.3. The Bertz CT molecular complexity index is 1000. The quantitative estimate of drug-likeness (QED) is 0.498. The van der Waals surface area contributed by atoms with Crippen LogP contribution < -0.4 is 0 Å². The number of rotatable bonds is 7. The van der Waals surface area contributed by atoms with E-state index in [1.165, 1.54) is 18.4 Å². The van der Waals surface area contributed by atoms with Gasteiger partial charge in [-0.05, 0) is 49.3 Å². The zero-order chi connectivity index (χ0) is 28.5. The lowest BCUT2D eigenvalue weighted by atomic mass is 10.0. The Kier molecular flexibility index (Phi) is 11.1. The molecule has 0 amide bonds. The molecule has 2 aliphatic rings. The number of nitrogens with zero attached hydrogens (tertiary/aromatic N) is 4. The summed E-state index contributed by atoms with van der Waals surface area (Å²) < 4.78 is 71.9. The summed E-state index contributed by atoms with van der Waals surface area (Å²) in [4.78, 5) is 29.0. The third-order valence-electron chi connectivity index (χ3n) is 5.79. The van der Waals surface area contributed by atoms with Gasteiger partial charge in [0.15, 0.2) is 0 Å². The number of aliphatic carboxylic acids is 2. The van der Waals surface area contributed by atoms with Crippen LogP contribution in [0.5, 0.6) is 0 Å². The Morgan fingerprint density at radius 1 is 1.00 bits per heavy atom. The molecule has 2 N–H and O–H groups in total. The SMILES string of the molecule is Cn1ccnc1CN1CC[C@H](OCC2CC2)[C@@H]1Cc1ccncc1.O=C(O)C(F)(F)F.O=C(O)C(F)(F)F. The van der Waals surface area contributed by atoms with Crippen molar-refractivity contribution in [2.24, 2.45) is 13.0 Å². The van der Waals surface area contributed by atoms with Crippen molar-refractivity contribution in [1.82, 2.24) is 19.4 Å².